The van der Waals surface area contributed by atoms with E-state index < -0.39 is 0 Å². The van der Waals surface area contributed by atoms with E-state index in [1.165, 1.54) is 28.6 Å². The van der Waals surface area contributed by atoms with Gasteiger partial charge in [0.05, 0.1) is 0 Å². The molecule has 2 unspecified atom stereocenters. The molecule has 15 heavy (non-hydrogen) atoms. The predicted molar refractivity (Wildman–Crippen MR) is 70.4 cm³/mol. The van der Waals surface area contributed by atoms with E-state index in [9.17, 15) is 0 Å². The molecule has 0 saturated heterocycles. The van der Waals surface area contributed by atoms with Crippen LogP contribution in [0.5, 0.6) is 0 Å². The van der Waals surface area contributed by atoms with E-state index in [2.05, 4.69) is 46.5 Å². The highest BCUT2D eigenvalue weighted by Crippen LogP contribution is 2.34. The highest BCUT2D eigenvalue weighted by molar-refractivity contribution is 9.10. The van der Waals surface area contributed by atoms with Crippen molar-refractivity contribution in [3.8, 4) is 0 Å². The molecular weight excluding hydrogens is 270 g/mol. The van der Waals surface area contributed by atoms with E-state index in [1.807, 2.05) is 11.3 Å². The standard InChI is InChI=1S/C12H18BrNS/c1-8(7-10-3-4-10)14-9(2)12-11(13)5-6-15-12/h5-6,8-10,14H,3-4,7H2,1-2H3. The zero-order valence-corrected chi connectivity index (χ0v) is 11.7. The summed E-state index contributed by atoms with van der Waals surface area (Å²) in [6, 6.07) is 3.23. The van der Waals surface area contributed by atoms with Gasteiger partial charge in [-0.05, 0) is 53.6 Å². The summed E-state index contributed by atoms with van der Waals surface area (Å²) in [4.78, 5) is 1.41. The van der Waals surface area contributed by atoms with E-state index in [1.54, 1.807) is 0 Å². The van der Waals surface area contributed by atoms with Crippen LogP contribution in [0.3, 0.4) is 0 Å². The molecule has 1 heterocycles. The van der Waals surface area contributed by atoms with Crippen molar-refractivity contribution in [2.75, 3.05) is 0 Å². The van der Waals surface area contributed by atoms with Gasteiger partial charge in [-0.2, -0.15) is 0 Å². The molecule has 0 amide bonds. The Kier molecular flexibility index (Phi) is 3.86. The largest absolute Gasteiger partial charge is 0.307 e. The lowest BCUT2D eigenvalue weighted by atomic mass is 10.1. The highest BCUT2D eigenvalue weighted by atomic mass is 79.9. The van der Waals surface area contributed by atoms with Crippen molar-refractivity contribution in [3.05, 3.63) is 20.8 Å². The molecule has 1 nitrogen and oxygen atoms in total. The number of hydrogen-bond donors (Lipinski definition) is 1. The Morgan fingerprint density at radius 3 is 2.80 bits per heavy atom. The fraction of sp³-hybridized carbons (Fsp3) is 0.667. The fourth-order valence-corrected chi connectivity index (χ4v) is 3.77. The van der Waals surface area contributed by atoms with Gasteiger partial charge in [0.25, 0.3) is 0 Å². The number of thiophene rings is 1. The molecule has 3 heteroatoms. The third-order valence-corrected chi connectivity index (χ3v) is 5.01. The minimum absolute atomic E-state index is 0.466. The molecule has 1 fully saturated rings. The Balaban J connectivity index is 1.85. The molecule has 2 rings (SSSR count). The monoisotopic (exact) mass is 287 g/mol. The second-order valence-corrected chi connectivity index (χ2v) is 6.40. The summed E-state index contributed by atoms with van der Waals surface area (Å²) in [7, 11) is 0. The molecule has 0 aliphatic heterocycles. The van der Waals surface area contributed by atoms with Crippen molar-refractivity contribution in [2.45, 2.75) is 45.2 Å². The maximum atomic E-state index is 3.67. The number of rotatable bonds is 5. The average molecular weight is 288 g/mol. The normalized spacial score (nSPS) is 20.2. The van der Waals surface area contributed by atoms with Gasteiger partial charge in [-0.1, -0.05) is 12.8 Å². The molecular formula is C12H18BrNS. The molecule has 1 aromatic heterocycles. The Bertz CT molecular complexity index is 319. The Morgan fingerprint density at radius 1 is 1.53 bits per heavy atom. The molecule has 1 aromatic rings. The van der Waals surface area contributed by atoms with Crippen LogP contribution in [0.25, 0.3) is 0 Å². The van der Waals surface area contributed by atoms with Crippen molar-refractivity contribution >= 4 is 27.3 Å². The van der Waals surface area contributed by atoms with E-state index in [0.29, 0.717) is 12.1 Å². The van der Waals surface area contributed by atoms with Gasteiger partial charge >= 0.3 is 0 Å². The van der Waals surface area contributed by atoms with Crippen LogP contribution in [0.4, 0.5) is 0 Å². The van der Waals surface area contributed by atoms with Crippen LogP contribution in [0.1, 0.15) is 44.0 Å². The van der Waals surface area contributed by atoms with Crippen molar-refractivity contribution in [1.29, 1.82) is 0 Å². The van der Waals surface area contributed by atoms with Crippen LogP contribution in [0.2, 0.25) is 0 Å². The second kappa shape index (κ2) is 4.98. The minimum Gasteiger partial charge on any atom is -0.307 e. The van der Waals surface area contributed by atoms with Gasteiger partial charge in [0.2, 0.25) is 0 Å². The van der Waals surface area contributed by atoms with Crippen LogP contribution in [-0.4, -0.2) is 6.04 Å². The zero-order chi connectivity index (χ0) is 10.8. The van der Waals surface area contributed by atoms with E-state index in [0.717, 1.165) is 5.92 Å². The summed E-state index contributed by atoms with van der Waals surface area (Å²) < 4.78 is 1.24. The third-order valence-electron chi connectivity index (χ3n) is 2.96. The fourth-order valence-electron chi connectivity index (χ4n) is 2.04. The van der Waals surface area contributed by atoms with Gasteiger partial charge in [0, 0.05) is 21.4 Å². The molecule has 1 N–H and O–H groups in total. The topological polar surface area (TPSA) is 12.0 Å². The van der Waals surface area contributed by atoms with Gasteiger partial charge in [0.15, 0.2) is 0 Å². The Hall–Kier alpha value is 0.140. The number of hydrogen-bond acceptors (Lipinski definition) is 2. The summed E-state index contributed by atoms with van der Waals surface area (Å²) in [6.45, 7) is 4.55. The first kappa shape index (κ1) is 11.6. The molecule has 1 aliphatic carbocycles. The number of halogens is 1. The van der Waals surface area contributed by atoms with Gasteiger partial charge in [-0.25, -0.2) is 0 Å². The lowest BCUT2D eigenvalue weighted by molar-refractivity contribution is 0.441. The summed E-state index contributed by atoms with van der Waals surface area (Å²) in [6.07, 6.45) is 4.24. The summed E-state index contributed by atoms with van der Waals surface area (Å²) in [5.74, 6) is 1.01. The maximum absolute atomic E-state index is 3.67. The Labute approximate surface area is 104 Å². The molecule has 0 aromatic carbocycles. The van der Waals surface area contributed by atoms with Crippen LogP contribution >= 0.6 is 27.3 Å². The SMILES string of the molecule is CC(CC1CC1)NC(C)c1sccc1Br. The number of nitrogens with one attached hydrogen (secondary N) is 1. The first-order chi connectivity index (χ1) is 7.16. The van der Waals surface area contributed by atoms with Gasteiger partial charge in [0.1, 0.15) is 0 Å². The molecule has 1 aliphatic rings. The van der Waals surface area contributed by atoms with Crippen molar-refractivity contribution in [3.63, 3.8) is 0 Å². The average Bonchev–Trinajstić information content (AvgIpc) is 2.85. The van der Waals surface area contributed by atoms with Crippen LogP contribution in [0, 0.1) is 5.92 Å². The van der Waals surface area contributed by atoms with Crippen molar-refractivity contribution < 1.29 is 0 Å². The Morgan fingerprint density at radius 2 is 2.27 bits per heavy atom. The summed E-state index contributed by atoms with van der Waals surface area (Å²) in [5.41, 5.74) is 0. The molecule has 0 spiro atoms. The van der Waals surface area contributed by atoms with Crippen LogP contribution in [-0.2, 0) is 0 Å². The highest BCUT2D eigenvalue weighted by Gasteiger charge is 2.24. The second-order valence-electron chi connectivity index (χ2n) is 4.60. The van der Waals surface area contributed by atoms with Gasteiger partial charge in [-0.3, -0.25) is 0 Å². The first-order valence-electron chi connectivity index (χ1n) is 5.65. The maximum Gasteiger partial charge on any atom is 0.0399 e. The molecule has 0 bridgehead atoms. The quantitative estimate of drug-likeness (QED) is 0.849. The van der Waals surface area contributed by atoms with Gasteiger partial charge < -0.3 is 5.32 Å². The van der Waals surface area contributed by atoms with Crippen LogP contribution in [0.15, 0.2) is 15.9 Å². The van der Waals surface area contributed by atoms with Crippen LogP contribution < -0.4 is 5.32 Å². The molecule has 2 atom stereocenters. The minimum atomic E-state index is 0.466. The smallest absolute Gasteiger partial charge is 0.0399 e. The van der Waals surface area contributed by atoms with Crippen molar-refractivity contribution in [1.82, 2.24) is 5.32 Å². The van der Waals surface area contributed by atoms with E-state index >= 15 is 0 Å². The lowest BCUT2D eigenvalue weighted by Crippen LogP contribution is -2.29. The zero-order valence-electron chi connectivity index (χ0n) is 9.29. The van der Waals surface area contributed by atoms with Crippen molar-refractivity contribution in [2.24, 2.45) is 5.92 Å². The summed E-state index contributed by atoms with van der Waals surface area (Å²) >= 11 is 5.42. The van der Waals surface area contributed by atoms with Gasteiger partial charge in [-0.15, -0.1) is 11.3 Å². The third kappa shape index (κ3) is 3.30. The molecule has 84 valence electrons. The predicted octanol–water partition coefficient (Wildman–Crippen LogP) is 4.35. The first-order valence-corrected chi connectivity index (χ1v) is 7.33. The van der Waals surface area contributed by atoms with E-state index in [-0.39, 0.29) is 0 Å². The lowest BCUT2D eigenvalue weighted by Gasteiger charge is -2.19. The summed E-state index contributed by atoms with van der Waals surface area (Å²) in [5, 5.41) is 5.82. The molecule has 0 radical (unpaired) electrons. The molecule has 1 saturated carbocycles. The van der Waals surface area contributed by atoms with E-state index in [4.69, 9.17) is 0 Å².